The number of carbonyl (C=O) groups is 2. The number of hydrogen-bond acceptors (Lipinski definition) is 3. The van der Waals surface area contributed by atoms with E-state index < -0.39 is 0 Å². The third kappa shape index (κ3) is 4.00. The minimum Gasteiger partial charge on any atom is -0.353 e. The second-order valence-electron chi connectivity index (χ2n) is 5.81. The smallest absolute Gasteiger partial charge is 0.251 e. The lowest BCUT2D eigenvalue weighted by Crippen LogP contribution is -2.42. The highest BCUT2D eigenvalue weighted by Gasteiger charge is 2.19. The number of carbonyl (C=O) groups excluding carboxylic acids is 2. The molecule has 124 valence electrons. The van der Waals surface area contributed by atoms with Crippen LogP contribution in [0.4, 0.5) is 0 Å². The summed E-state index contributed by atoms with van der Waals surface area (Å²) in [5.41, 5.74) is 3.11. The molecular formula is C19H21N3O2. The molecule has 1 heterocycles. The molecule has 5 heteroatoms. The maximum atomic E-state index is 12.0. The monoisotopic (exact) mass is 323 g/mol. The van der Waals surface area contributed by atoms with Gasteiger partial charge < -0.3 is 16.0 Å². The normalized spacial score (nSPS) is 16.1. The first kappa shape index (κ1) is 16.2. The zero-order valence-corrected chi connectivity index (χ0v) is 13.4. The lowest BCUT2D eigenvalue weighted by Gasteiger charge is -2.27. The molecule has 1 atom stereocenters. The number of amides is 2. The van der Waals surface area contributed by atoms with Gasteiger partial charge in [-0.1, -0.05) is 42.5 Å². The highest BCUT2D eigenvalue weighted by Crippen LogP contribution is 2.21. The van der Waals surface area contributed by atoms with Crippen molar-refractivity contribution in [2.45, 2.75) is 12.5 Å². The molecule has 3 N–H and O–H groups in total. The summed E-state index contributed by atoms with van der Waals surface area (Å²) in [6, 6.07) is 17.3. The zero-order chi connectivity index (χ0) is 16.8. The lowest BCUT2D eigenvalue weighted by molar-refractivity contribution is -0.120. The lowest BCUT2D eigenvalue weighted by atomic mass is 9.94. The van der Waals surface area contributed by atoms with Crippen LogP contribution in [0.15, 0.2) is 54.6 Å². The van der Waals surface area contributed by atoms with E-state index in [1.807, 2.05) is 18.2 Å². The van der Waals surface area contributed by atoms with Crippen molar-refractivity contribution < 1.29 is 9.59 Å². The molecule has 2 aromatic carbocycles. The van der Waals surface area contributed by atoms with Crippen molar-refractivity contribution in [2.75, 3.05) is 19.6 Å². The first-order valence-corrected chi connectivity index (χ1v) is 8.15. The number of rotatable bonds is 5. The number of benzene rings is 2. The minimum absolute atomic E-state index is 0.0257. The maximum Gasteiger partial charge on any atom is 0.251 e. The van der Waals surface area contributed by atoms with Gasteiger partial charge >= 0.3 is 0 Å². The Morgan fingerprint density at radius 1 is 1.00 bits per heavy atom. The SMILES string of the molecule is O=C(CNC(=O)c1ccccc1)NCC1NCCc2ccccc21. The molecule has 1 aliphatic rings. The molecule has 1 unspecified atom stereocenters. The Kier molecular flexibility index (Phi) is 5.23. The van der Waals surface area contributed by atoms with E-state index in [9.17, 15) is 9.59 Å². The maximum absolute atomic E-state index is 12.0. The first-order valence-electron chi connectivity index (χ1n) is 8.15. The first-order chi connectivity index (χ1) is 11.7. The van der Waals surface area contributed by atoms with Gasteiger partial charge in [-0.05, 0) is 36.2 Å². The fourth-order valence-corrected chi connectivity index (χ4v) is 2.91. The average molecular weight is 323 g/mol. The Hall–Kier alpha value is -2.66. The predicted molar refractivity (Wildman–Crippen MR) is 92.7 cm³/mol. The molecule has 0 aliphatic carbocycles. The van der Waals surface area contributed by atoms with Gasteiger partial charge in [0, 0.05) is 18.2 Å². The van der Waals surface area contributed by atoms with E-state index in [4.69, 9.17) is 0 Å². The molecule has 5 nitrogen and oxygen atoms in total. The van der Waals surface area contributed by atoms with Crippen molar-refractivity contribution >= 4 is 11.8 Å². The Labute approximate surface area is 141 Å². The Bertz CT molecular complexity index is 716. The second kappa shape index (κ2) is 7.75. The van der Waals surface area contributed by atoms with Crippen LogP contribution < -0.4 is 16.0 Å². The van der Waals surface area contributed by atoms with Crippen LogP contribution in [0.1, 0.15) is 27.5 Å². The van der Waals surface area contributed by atoms with Gasteiger partial charge in [-0.3, -0.25) is 9.59 Å². The Balaban J connectivity index is 1.47. The van der Waals surface area contributed by atoms with Crippen molar-refractivity contribution in [1.82, 2.24) is 16.0 Å². The minimum atomic E-state index is -0.244. The Morgan fingerprint density at radius 2 is 1.75 bits per heavy atom. The molecule has 0 radical (unpaired) electrons. The van der Waals surface area contributed by atoms with E-state index in [2.05, 4.69) is 28.1 Å². The standard InChI is InChI=1S/C19H21N3O2/c23-18(13-22-19(24)15-7-2-1-3-8-15)21-12-17-16-9-5-4-6-14(16)10-11-20-17/h1-9,17,20H,10-13H2,(H,21,23)(H,22,24). The van der Waals surface area contributed by atoms with Crippen LogP contribution in [0.3, 0.4) is 0 Å². The van der Waals surface area contributed by atoms with Crippen molar-refractivity contribution in [3.8, 4) is 0 Å². The van der Waals surface area contributed by atoms with Crippen LogP contribution in [0.2, 0.25) is 0 Å². The zero-order valence-electron chi connectivity index (χ0n) is 13.4. The number of fused-ring (bicyclic) bond motifs is 1. The molecule has 0 fully saturated rings. The molecule has 0 spiro atoms. The van der Waals surface area contributed by atoms with Gasteiger partial charge in [0.1, 0.15) is 0 Å². The summed E-state index contributed by atoms with van der Waals surface area (Å²) in [5, 5.41) is 8.94. The third-order valence-corrected chi connectivity index (χ3v) is 4.16. The summed E-state index contributed by atoms with van der Waals surface area (Å²) in [4.78, 5) is 23.9. The van der Waals surface area contributed by atoms with E-state index in [-0.39, 0.29) is 24.4 Å². The van der Waals surface area contributed by atoms with Crippen molar-refractivity contribution in [1.29, 1.82) is 0 Å². The van der Waals surface area contributed by atoms with Gasteiger partial charge in [-0.15, -0.1) is 0 Å². The largest absolute Gasteiger partial charge is 0.353 e. The molecular weight excluding hydrogens is 302 g/mol. The van der Waals surface area contributed by atoms with Gasteiger partial charge in [-0.25, -0.2) is 0 Å². The van der Waals surface area contributed by atoms with E-state index >= 15 is 0 Å². The third-order valence-electron chi connectivity index (χ3n) is 4.16. The van der Waals surface area contributed by atoms with Gasteiger partial charge in [-0.2, -0.15) is 0 Å². The quantitative estimate of drug-likeness (QED) is 0.779. The summed E-state index contributed by atoms with van der Waals surface area (Å²) in [6.45, 7) is 1.39. The van der Waals surface area contributed by atoms with Crippen LogP contribution in [0.5, 0.6) is 0 Å². The number of nitrogens with one attached hydrogen (secondary N) is 3. The van der Waals surface area contributed by atoms with E-state index in [1.54, 1.807) is 24.3 Å². The van der Waals surface area contributed by atoms with E-state index in [0.29, 0.717) is 12.1 Å². The van der Waals surface area contributed by atoms with E-state index in [0.717, 1.165) is 13.0 Å². The Morgan fingerprint density at radius 3 is 2.58 bits per heavy atom. The predicted octanol–water partition coefficient (Wildman–Crippen LogP) is 1.42. The molecule has 2 amide bonds. The molecule has 3 rings (SSSR count). The molecule has 0 bridgehead atoms. The van der Waals surface area contributed by atoms with Gasteiger partial charge in [0.15, 0.2) is 0 Å². The summed E-state index contributed by atoms with van der Waals surface area (Å²) < 4.78 is 0. The van der Waals surface area contributed by atoms with Gasteiger partial charge in [0.2, 0.25) is 5.91 Å². The van der Waals surface area contributed by atoms with Crippen molar-refractivity contribution in [3.63, 3.8) is 0 Å². The summed E-state index contributed by atoms with van der Waals surface area (Å²) >= 11 is 0. The summed E-state index contributed by atoms with van der Waals surface area (Å²) in [7, 11) is 0. The van der Waals surface area contributed by atoms with Crippen LogP contribution in [0.25, 0.3) is 0 Å². The topological polar surface area (TPSA) is 70.2 Å². The molecule has 2 aromatic rings. The highest BCUT2D eigenvalue weighted by atomic mass is 16.2. The van der Waals surface area contributed by atoms with Crippen LogP contribution in [-0.2, 0) is 11.2 Å². The highest BCUT2D eigenvalue weighted by molar-refractivity contribution is 5.96. The molecule has 1 aliphatic heterocycles. The van der Waals surface area contributed by atoms with Crippen LogP contribution in [-0.4, -0.2) is 31.4 Å². The molecule has 0 saturated heterocycles. The fraction of sp³-hybridized carbons (Fsp3) is 0.263. The molecule has 24 heavy (non-hydrogen) atoms. The molecule has 0 saturated carbocycles. The fourth-order valence-electron chi connectivity index (χ4n) is 2.91. The van der Waals surface area contributed by atoms with E-state index in [1.165, 1.54) is 11.1 Å². The summed E-state index contributed by atoms with van der Waals surface area (Å²) in [6.07, 6.45) is 1.01. The van der Waals surface area contributed by atoms with Gasteiger partial charge in [0.25, 0.3) is 5.91 Å². The van der Waals surface area contributed by atoms with Gasteiger partial charge in [0.05, 0.1) is 6.54 Å². The van der Waals surface area contributed by atoms with Crippen LogP contribution in [0, 0.1) is 0 Å². The number of hydrogen-bond donors (Lipinski definition) is 3. The average Bonchev–Trinajstić information content (AvgIpc) is 2.65. The van der Waals surface area contributed by atoms with Crippen LogP contribution >= 0.6 is 0 Å². The summed E-state index contributed by atoms with van der Waals surface area (Å²) in [5.74, 6) is -0.434. The second-order valence-corrected chi connectivity index (χ2v) is 5.81. The van der Waals surface area contributed by atoms with Crippen molar-refractivity contribution in [3.05, 3.63) is 71.3 Å². The molecule has 0 aromatic heterocycles. The van der Waals surface area contributed by atoms with Crippen molar-refractivity contribution in [2.24, 2.45) is 0 Å².